The summed E-state index contributed by atoms with van der Waals surface area (Å²) in [7, 11) is 0. The second-order valence-corrected chi connectivity index (χ2v) is 4.82. The van der Waals surface area contributed by atoms with Gasteiger partial charge in [-0.05, 0) is 19.9 Å². The number of para-hydroxylation sites is 2. The van der Waals surface area contributed by atoms with Crippen molar-refractivity contribution in [2.45, 2.75) is 20.3 Å². The molecule has 114 valence electrons. The fourth-order valence-corrected chi connectivity index (χ4v) is 1.95. The minimum atomic E-state index is -0.441. The van der Waals surface area contributed by atoms with Crippen molar-refractivity contribution in [1.82, 2.24) is 4.90 Å². The van der Waals surface area contributed by atoms with Gasteiger partial charge >= 0.3 is 0 Å². The Kier molecular flexibility index (Phi) is 6.39. The summed E-state index contributed by atoms with van der Waals surface area (Å²) in [6.07, 6.45) is 0.285. The van der Waals surface area contributed by atoms with Crippen LogP contribution in [0.15, 0.2) is 36.4 Å². The molecule has 0 radical (unpaired) electrons. The second kappa shape index (κ2) is 8.04. The Morgan fingerprint density at radius 2 is 2.10 bits per heavy atom. The number of rotatable bonds is 8. The Balaban J connectivity index is 2.55. The van der Waals surface area contributed by atoms with E-state index in [0.29, 0.717) is 25.3 Å². The molecule has 1 amide bonds. The number of anilines is 1. The molecule has 0 heterocycles. The quantitative estimate of drug-likeness (QED) is 0.454. The molecule has 0 aliphatic rings. The lowest BCUT2D eigenvalue weighted by molar-refractivity contribution is -0.384. The number of carbonyl (C=O) groups is 1. The van der Waals surface area contributed by atoms with Crippen molar-refractivity contribution < 1.29 is 9.72 Å². The monoisotopic (exact) mass is 291 g/mol. The summed E-state index contributed by atoms with van der Waals surface area (Å²) in [4.78, 5) is 24.2. The average Bonchev–Trinajstić information content (AvgIpc) is 2.44. The molecule has 0 spiro atoms. The molecule has 6 nitrogen and oxygen atoms in total. The summed E-state index contributed by atoms with van der Waals surface area (Å²) in [6.45, 7) is 9.11. The van der Waals surface area contributed by atoms with Crippen LogP contribution in [0.3, 0.4) is 0 Å². The van der Waals surface area contributed by atoms with Crippen LogP contribution in [-0.4, -0.2) is 35.4 Å². The van der Waals surface area contributed by atoms with Crippen LogP contribution < -0.4 is 5.32 Å². The van der Waals surface area contributed by atoms with Gasteiger partial charge in [-0.25, -0.2) is 0 Å². The van der Waals surface area contributed by atoms with Gasteiger partial charge in [-0.15, -0.1) is 0 Å². The van der Waals surface area contributed by atoms with E-state index in [-0.39, 0.29) is 18.0 Å². The van der Waals surface area contributed by atoms with Crippen LogP contribution in [0.25, 0.3) is 0 Å². The van der Waals surface area contributed by atoms with Crippen LogP contribution >= 0.6 is 0 Å². The first-order chi connectivity index (χ1) is 9.95. The fourth-order valence-electron chi connectivity index (χ4n) is 1.95. The zero-order chi connectivity index (χ0) is 15.8. The minimum absolute atomic E-state index is 0.00610. The van der Waals surface area contributed by atoms with Crippen molar-refractivity contribution in [1.29, 1.82) is 0 Å². The molecular formula is C15H21N3O3. The standard InChI is InChI=1S/C15H21N3O3/c1-4-17(11-12(2)3)15(19)9-10-16-13-7-5-6-8-14(13)18(20)21/h5-8,16H,2,4,9-11H2,1,3H3. The smallest absolute Gasteiger partial charge is 0.292 e. The predicted molar refractivity (Wildman–Crippen MR) is 83.3 cm³/mol. The van der Waals surface area contributed by atoms with Gasteiger partial charge < -0.3 is 10.2 Å². The van der Waals surface area contributed by atoms with Crippen LogP contribution in [-0.2, 0) is 4.79 Å². The molecule has 1 rings (SSSR count). The first kappa shape index (κ1) is 16.7. The Morgan fingerprint density at radius 3 is 2.67 bits per heavy atom. The van der Waals surface area contributed by atoms with Crippen molar-refractivity contribution in [2.24, 2.45) is 0 Å². The zero-order valence-electron chi connectivity index (χ0n) is 12.5. The minimum Gasteiger partial charge on any atom is -0.379 e. The van der Waals surface area contributed by atoms with E-state index < -0.39 is 4.92 Å². The molecule has 0 bridgehead atoms. The lowest BCUT2D eigenvalue weighted by Gasteiger charge is -2.21. The van der Waals surface area contributed by atoms with E-state index in [9.17, 15) is 14.9 Å². The van der Waals surface area contributed by atoms with E-state index in [1.807, 2.05) is 13.8 Å². The number of hydrogen-bond acceptors (Lipinski definition) is 4. The number of hydrogen-bond donors (Lipinski definition) is 1. The maximum Gasteiger partial charge on any atom is 0.292 e. The van der Waals surface area contributed by atoms with Gasteiger partial charge in [0.25, 0.3) is 5.69 Å². The summed E-state index contributed by atoms with van der Waals surface area (Å²) >= 11 is 0. The topological polar surface area (TPSA) is 75.5 Å². The first-order valence-corrected chi connectivity index (χ1v) is 6.85. The van der Waals surface area contributed by atoms with Gasteiger partial charge in [0.1, 0.15) is 5.69 Å². The van der Waals surface area contributed by atoms with Crippen LogP contribution in [0, 0.1) is 10.1 Å². The third-order valence-corrected chi connectivity index (χ3v) is 2.95. The number of nitro benzene ring substituents is 1. The molecule has 1 N–H and O–H groups in total. The summed E-state index contributed by atoms with van der Waals surface area (Å²) in [5, 5.41) is 13.8. The highest BCUT2D eigenvalue weighted by atomic mass is 16.6. The summed E-state index contributed by atoms with van der Waals surface area (Å²) < 4.78 is 0. The highest BCUT2D eigenvalue weighted by molar-refractivity contribution is 5.77. The Morgan fingerprint density at radius 1 is 1.43 bits per heavy atom. The maximum absolute atomic E-state index is 12.0. The molecule has 0 saturated carbocycles. The third kappa shape index (κ3) is 5.25. The molecule has 0 unspecified atom stereocenters. The predicted octanol–water partition coefficient (Wildman–Crippen LogP) is 2.82. The average molecular weight is 291 g/mol. The van der Waals surface area contributed by atoms with Gasteiger partial charge in [-0.2, -0.15) is 0 Å². The molecule has 0 saturated heterocycles. The first-order valence-electron chi connectivity index (χ1n) is 6.85. The maximum atomic E-state index is 12.0. The number of likely N-dealkylation sites (N-methyl/N-ethyl adjacent to an activating group) is 1. The highest BCUT2D eigenvalue weighted by Gasteiger charge is 2.14. The number of amides is 1. The number of nitro groups is 1. The van der Waals surface area contributed by atoms with E-state index in [0.717, 1.165) is 5.57 Å². The van der Waals surface area contributed by atoms with Gasteiger partial charge in [0, 0.05) is 32.1 Å². The van der Waals surface area contributed by atoms with Crippen molar-refractivity contribution in [2.75, 3.05) is 25.0 Å². The van der Waals surface area contributed by atoms with E-state index in [2.05, 4.69) is 11.9 Å². The molecule has 0 atom stereocenters. The van der Waals surface area contributed by atoms with Gasteiger partial charge in [-0.1, -0.05) is 24.3 Å². The lowest BCUT2D eigenvalue weighted by Crippen LogP contribution is -2.33. The van der Waals surface area contributed by atoms with Crippen molar-refractivity contribution >= 4 is 17.3 Å². The van der Waals surface area contributed by atoms with Crippen LogP contribution in [0.2, 0.25) is 0 Å². The van der Waals surface area contributed by atoms with E-state index in [1.165, 1.54) is 6.07 Å². The molecule has 0 aliphatic carbocycles. The number of carbonyl (C=O) groups excluding carboxylic acids is 1. The summed E-state index contributed by atoms with van der Waals surface area (Å²) in [6, 6.07) is 6.40. The molecule has 6 heteroatoms. The third-order valence-electron chi connectivity index (χ3n) is 2.95. The van der Waals surface area contributed by atoms with Gasteiger partial charge in [0.05, 0.1) is 4.92 Å². The molecule has 0 fully saturated rings. The van der Waals surface area contributed by atoms with E-state index >= 15 is 0 Å². The largest absolute Gasteiger partial charge is 0.379 e. The summed E-state index contributed by atoms with van der Waals surface area (Å²) in [5.41, 5.74) is 1.37. The SMILES string of the molecule is C=C(C)CN(CC)C(=O)CCNc1ccccc1[N+](=O)[O-]. The van der Waals surface area contributed by atoms with Gasteiger partial charge in [0.2, 0.25) is 5.91 Å². The fraction of sp³-hybridized carbons (Fsp3) is 0.400. The Hall–Kier alpha value is -2.37. The van der Waals surface area contributed by atoms with Crippen LogP contribution in [0.4, 0.5) is 11.4 Å². The van der Waals surface area contributed by atoms with Crippen molar-refractivity contribution in [3.63, 3.8) is 0 Å². The molecular weight excluding hydrogens is 270 g/mol. The van der Waals surface area contributed by atoms with Crippen LogP contribution in [0.5, 0.6) is 0 Å². The van der Waals surface area contributed by atoms with Gasteiger partial charge in [0.15, 0.2) is 0 Å². The normalized spacial score (nSPS) is 10.0. The second-order valence-electron chi connectivity index (χ2n) is 4.82. The Labute approximate surface area is 124 Å². The zero-order valence-corrected chi connectivity index (χ0v) is 12.5. The molecule has 1 aromatic rings. The lowest BCUT2D eigenvalue weighted by atomic mass is 10.2. The Bertz CT molecular complexity index is 529. The van der Waals surface area contributed by atoms with Gasteiger partial charge in [-0.3, -0.25) is 14.9 Å². The number of benzene rings is 1. The van der Waals surface area contributed by atoms with E-state index in [1.54, 1.807) is 23.1 Å². The van der Waals surface area contributed by atoms with Crippen molar-refractivity contribution in [3.05, 3.63) is 46.5 Å². The van der Waals surface area contributed by atoms with Crippen LogP contribution in [0.1, 0.15) is 20.3 Å². The highest BCUT2D eigenvalue weighted by Crippen LogP contribution is 2.22. The molecule has 1 aromatic carbocycles. The molecule has 0 aromatic heterocycles. The molecule has 0 aliphatic heterocycles. The number of nitrogens with zero attached hydrogens (tertiary/aromatic N) is 2. The van der Waals surface area contributed by atoms with Crippen molar-refractivity contribution in [3.8, 4) is 0 Å². The summed E-state index contributed by atoms with van der Waals surface area (Å²) in [5.74, 6) is 0.00610. The number of nitrogens with one attached hydrogen (secondary N) is 1. The molecule has 21 heavy (non-hydrogen) atoms. The van der Waals surface area contributed by atoms with E-state index in [4.69, 9.17) is 0 Å².